The molecule has 3 N–H and O–H groups in total. The smallest absolute Gasteiger partial charge is 0.330 e. The number of methoxy groups -OCH3 is 1. The molecule has 0 saturated carbocycles. The van der Waals surface area contributed by atoms with Crippen LogP contribution in [-0.4, -0.2) is 47.5 Å². The summed E-state index contributed by atoms with van der Waals surface area (Å²) < 4.78 is 6.95. The van der Waals surface area contributed by atoms with Gasteiger partial charge in [-0.25, -0.2) is 4.79 Å². The fourth-order valence-electron chi connectivity index (χ4n) is 3.20. The molecule has 0 aliphatic carbocycles. The van der Waals surface area contributed by atoms with E-state index in [1.165, 1.54) is 27.9 Å². The number of nitrogens with zero attached hydrogens (tertiary/aromatic N) is 3. The summed E-state index contributed by atoms with van der Waals surface area (Å²) in [6.45, 7) is 4.30. The molecule has 0 fully saturated rings. The van der Waals surface area contributed by atoms with Crippen LogP contribution in [0.3, 0.4) is 0 Å². The highest BCUT2D eigenvalue weighted by atomic mass is 35.5. The van der Waals surface area contributed by atoms with Crippen molar-refractivity contribution in [3.05, 3.63) is 42.2 Å². The minimum atomic E-state index is -0.947. The lowest BCUT2D eigenvalue weighted by Gasteiger charge is -2.26. The molecule has 31 heavy (non-hydrogen) atoms. The van der Waals surface area contributed by atoms with Gasteiger partial charge in [0.25, 0.3) is 11.5 Å². The van der Waals surface area contributed by atoms with Gasteiger partial charge in [0.05, 0.1) is 15.8 Å². The number of nitrogens with one attached hydrogen (secondary N) is 1. The van der Waals surface area contributed by atoms with Crippen LogP contribution >= 0.6 is 22.9 Å². The Morgan fingerprint density at radius 1 is 1.48 bits per heavy atom. The number of halogens is 1. The van der Waals surface area contributed by atoms with E-state index in [-0.39, 0.29) is 43.5 Å². The van der Waals surface area contributed by atoms with Gasteiger partial charge in [-0.2, -0.15) is 0 Å². The van der Waals surface area contributed by atoms with Crippen molar-refractivity contribution in [1.29, 1.82) is 0 Å². The van der Waals surface area contributed by atoms with Gasteiger partial charge in [-0.05, 0) is 18.1 Å². The van der Waals surface area contributed by atoms with Gasteiger partial charge < -0.3 is 15.3 Å². The average Bonchev–Trinajstić information content (AvgIpc) is 3.36. The summed E-state index contributed by atoms with van der Waals surface area (Å²) in [6, 6.07) is 3.54. The first kappa shape index (κ1) is 23.0. The van der Waals surface area contributed by atoms with Gasteiger partial charge in [0.2, 0.25) is 6.10 Å². The molecule has 1 amide bonds. The van der Waals surface area contributed by atoms with E-state index in [0.29, 0.717) is 10.0 Å². The van der Waals surface area contributed by atoms with Crippen LogP contribution in [0.1, 0.15) is 25.1 Å². The summed E-state index contributed by atoms with van der Waals surface area (Å²) >= 11 is 7.31. The number of thiophene rings is 1. The molecule has 0 saturated heterocycles. The summed E-state index contributed by atoms with van der Waals surface area (Å²) in [5.41, 5.74) is 5.29. The summed E-state index contributed by atoms with van der Waals surface area (Å²) in [5.74, 6) is -0.505. The normalized spacial score (nSPS) is 15.8. The summed E-state index contributed by atoms with van der Waals surface area (Å²) in [7, 11) is 1.48. The Balaban J connectivity index is 1.93. The molecule has 3 rings (SSSR count). The monoisotopic (exact) mass is 469 g/mol. The van der Waals surface area contributed by atoms with E-state index in [1.807, 2.05) is 13.8 Å². The second kappa shape index (κ2) is 9.67. The third-order valence-electron chi connectivity index (χ3n) is 4.62. The zero-order valence-corrected chi connectivity index (χ0v) is 19.0. The SMILES string of the molecule is COCCN(C(=O)C1CC(c2ccc(Cl)s2)=NO1)c1c(N)n(CC(C)C)c(=O)[nH]c1=O. The van der Waals surface area contributed by atoms with Gasteiger partial charge in [-0.3, -0.25) is 24.0 Å². The van der Waals surface area contributed by atoms with E-state index in [2.05, 4.69) is 10.1 Å². The van der Waals surface area contributed by atoms with Gasteiger partial charge in [-0.1, -0.05) is 30.6 Å². The van der Waals surface area contributed by atoms with Crippen LogP contribution < -0.4 is 21.9 Å². The Morgan fingerprint density at radius 3 is 2.84 bits per heavy atom. The Hall–Kier alpha value is -2.63. The maximum atomic E-state index is 13.3. The first-order valence-electron chi connectivity index (χ1n) is 9.64. The number of ether oxygens (including phenoxy) is 1. The lowest BCUT2D eigenvalue weighted by molar-refractivity contribution is -0.128. The molecule has 1 aliphatic heterocycles. The number of nitrogen functional groups attached to an aromatic ring is 1. The van der Waals surface area contributed by atoms with Gasteiger partial charge in [0, 0.05) is 26.6 Å². The van der Waals surface area contributed by atoms with Crippen molar-refractivity contribution in [3.63, 3.8) is 0 Å². The molecule has 0 aromatic carbocycles. The van der Waals surface area contributed by atoms with Crippen LogP contribution in [0.4, 0.5) is 11.5 Å². The topological polar surface area (TPSA) is 132 Å². The van der Waals surface area contributed by atoms with Gasteiger partial charge in [0.15, 0.2) is 5.69 Å². The predicted octanol–water partition coefficient (Wildman–Crippen LogP) is 1.66. The van der Waals surface area contributed by atoms with E-state index in [9.17, 15) is 14.4 Å². The predicted molar refractivity (Wildman–Crippen MR) is 120 cm³/mol. The second-order valence-corrected chi connectivity index (χ2v) is 9.14. The molecular formula is C19H24ClN5O5S. The molecule has 1 atom stereocenters. The minimum Gasteiger partial charge on any atom is -0.383 e. The lowest BCUT2D eigenvalue weighted by atomic mass is 10.1. The van der Waals surface area contributed by atoms with Gasteiger partial charge in [-0.15, -0.1) is 11.3 Å². The largest absolute Gasteiger partial charge is 0.383 e. The molecule has 3 heterocycles. The number of rotatable bonds is 8. The standard InChI is InChI=1S/C19H24ClN5O5S/c1-10(2)9-25-16(21)15(17(26)22-19(25)28)24(6-7-29-3)18(27)12-8-11(23-30-12)13-4-5-14(20)31-13/h4-5,10,12H,6-9,21H2,1-3H3,(H,22,26,28). The van der Waals surface area contributed by atoms with E-state index in [4.69, 9.17) is 26.9 Å². The number of carbonyl (C=O) groups is 1. The number of anilines is 2. The van der Waals surface area contributed by atoms with Crippen LogP contribution in [0.2, 0.25) is 4.34 Å². The summed E-state index contributed by atoms with van der Waals surface area (Å²) in [4.78, 5) is 47.8. The highest BCUT2D eigenvalue weighted by Gasteiger charge is 2.35. The number of hydrogen-bond acceptors (Lipinski definition) is 8. The quantitative estimate of drug-likeness (QED) is 0.604. The number of aromatic amines is 1. The zero-order chi connectivity index (χ0) is 22.7. The molecular weight excluding hydrogens is 446 g/mol. The molecule has 0 bridgehead atoms. The highest BCUT2D eigenvalue weighted by Crippen LogP contribution is 2.28. The Labute approximate surface area is 187 Å². The number of hydrogen-bond donors (Lipinski definition) is 2. The fraction of sp³-hybridized carbons (Fsp3) is 0.474. The van der Waals surface area contributed by atoms with E-state index in [1.54, 1.807) is 12.1 Å². The first-order chi connectivity index (χ1) is 14.7. The van der Waals surface area contributed by atoms with E-state index >= 15 is 0 Å². The van der Waals surface area contributed by atoms with Crippen molar-refractivity contribution in [2.24, 2.45) is 11.1 Å². The van der Waals surface area contributed by atoms with Crippen molar-refractivity contribution < 1.29 is 14.4 Å². The maximum absolute atomic E-state index is 13.3. The molecule has 2 aromatic rings. The zero-order valence-electron chi connectivity index (χ0n) is 17.4. The Morgan fingerprint density at radius 2 is 2.23 bits per heavy atom. The number of amides is 1. The van der Waals surface area contributed by atoms with Crippen molar-refractivity contribution in [3.8, 4) is 0 Å². The molecule has 168 valence electrons. The van der Waals surface area contributed by atoms with Crippen LogP contribution in [0.15, 0.2) is 26.9 Å². The van der Waals surface area contributed by atoms with Crippen molar-refractivity contribution in [1.82, 2.24) is 9.55 Å². The Kier molecular flexibility index (Phi) is 7.19. The molecule has 12 heteroatoms. The number of carbonyl (C=O) groups excluding carboxylic acids is 1. The molecule has 0 spiro atoms. The van der Waals surface area contributed by atoms with Crippen molar-refractivity contribution >= 4 is 46.1 Å². The van der Waals surface area contributed by atoms with E-state index < -0.39 is 23.3 Å². The van der Waals surface area contributed by atoms with Crippen molar-refractivity contribution in [2.75, 3.05) is 30.9 Å². The molecule has 1 unspecified atom stereocenters. The first-order valence-corrected chi connectivity index (χ1v) is 10.8. The van der Waals surface area contributed by atoms with Crippen LogP contribution in [0, 0.1) is 5.92 Å². The maximum Gasteiger partial charge on any atom is 0.330 e. The number of oxime groups is 1. The van der Waals surface area contributed by atoms with Crippen LogP contribution in [0.5, 0.6) is 0 Å². The van der Waals surface area contributed by atoms with Crippen molar-refractivity contribution in [2.45, 2.75) is 32.9 Å². The Bertz CT molecular complexity index is 1110. The minimum absolute atomic E-state index is 0.0442. The third kappa shape index (κ3) is 5.00. The molecule has 10 nitrogen and oxygen atoms in total. The fourth-order valence-corrected chi connectivity index (χ4v) is 4.23. The lowest BCUT2D eigenvalue weighted by Crippen LogP contribution is -2.46. The second-order valence-electron chi connectivity index (χ2n) is 7.42. The van der Waals surface area contributed by atoms with Crippen LogP contribution in [0.25, 0.3) is 0 Å². The van der Waals surface area contributed by atoms with E-state index in [0.717, 1.165) is 4.88 Å². The average molecular weight is 470 g/mol. The number of H-pyrrole nitrogens is 1. The van der Waals surface area contributed by atoms with Crippen LogP contribution in [-0.2, 0) is 20.9 Å². The third-order valence-corrected chi connectivity index (χ3v) is 5.90. The molecule has 0 radical (unpaired) electrons. The van der Waals surface area contributed by atoms with Gasteiger partial charge >= 0.3 is 5.69 Å². The number of nitrogens with two attached hydrogens (primary N) is 1. The molecule has 2 aromatic heterocycles. The summed E-state index contributed by atoms with van der Waals surface area (Å²) in [6.07, 6.45) is -0.736. The number of aromatic nitrogens is 2. The van der Waals surface area contributed by atoms with Gasteiger partial charge in [0.1, 0.15) is 11.5 Å². The highest BCUT2D eigenvalue weighted by molar-refractivity contribution is 7.18. The summed E-state index contributed by atoms with van der Waals surface area (Å²) in [5, 5.41) is 4.01. The molecule has 1 aliphatic rings.